The lowest BCUT2D eigenvalue weighted by Gasteiger charge is -2.38. The van der Waals surface area contributed by atoms with Gasteiger partial charge in [0.2, 0.25) is 12.2 Å². The zero-order valence-electron chi connectivity index (χ0n) is 22.5. The molecule has 3 atom stereocenters. The van der Waals surface area contributed by atoms with Crippen LogP contribution in [0.25, 0.3) is 10.9 Å². The number of aromatic nitrogens is 1. The average Bonchev–Trinajstić information content (AvgIpc) is 3.33. The summed E-state index contributed by atoms with van der Waals surface area (Å²) in [6, 6.07) is 7.84. The third kappa shape index (κ3) is 6.64. The first-order chi connectivity index (χ1) is 18.5. The van der Waals surface area contributed by atoms with Crippen LogP contribution in [-0.2, 0) is 23.7 Å². The van der Waals surface area contributed by atoms with Gasteiger partial charge in [-0.05, 0) is 50.3 Å². The summed E-state index contributed by atoms with van der Waals surface area (Å²) in [5.41, 5.74) is 1.80. The summed E-state index contributed by atoms with van der Waals surface area (Å²) in [6.07, 6.45) is 6.92. The van der Waals surface area contributed by atoms with Crippen LogP contribution in [-0.4, -0.2) is 85.4 Å². The van der Waals surface area contributed by atoms with Gasteiger partial charge in [-0.15, -0.1) is 0 Å². The Morgan fingerprint density at radius 1 is 1.05 bits per heavy atom. The van der Waals surface area contributed by atoms with E-state index in [1.54, 1.807) is 11.5 Å². The van der Waals surface area contributed by atoms with E-state index in [0.717, 1.165) is 48.8 Å². The molecule has 2 aliphatic rings. The van der Waals surface area contributed by atoms with Gasteiger partial charge in [0.05, 0.1) is 31.9 Å². The maximum absolute atomic E-state index is 13.5. The molecule has 0 unspecified atom stereocenters. The first kappa shape index (κ1) is 28.3. The molecule has 1 saturated heterocycles. The van der Waals surface area contributed by atoms with Crippen molar-refractivity contribution in [2.45, 2.75) is 51.7 Å². The molecule has 0 aliphatic carbocycles. The van der Waals surface area contributed by atoms with Crippen molar-refractivity contribution in [1.82, 2.24) is 9.47 Å². The number of ether oxygens (including phenoxy) is 4. The number of carbonyl (C=O) groups is 2. The quantitative estimate of drug-likeness (QED) is 0.419. The van der Waals surface area contributed by atoms with Crippen LogP contribution in [0.3, 0.4) is 0 Å². The van der Waals surface area contributed by atoms with E-state index >= 15 is 0 Å². The fraction of sp³-hybridized carbons (Fsp3) is 0.586. The fourth-order valence-electron chi connectivity index (χ4n) is 5.38. The second-order valence-electron chi connectivity index (χ2n) is 9.74. The molecule has 1 aromatic heterocycles. The van der Waals surface area contributed by atoms with Crippen LogP contribution in [0.5, 0.6) is 0 Å². The van der Waals surface area contributed by atoms with Gasteiger partial charge >= 0.3 is 0 Å². The van der Waals surface area contributed by atoms with Gasteiger partial charge in [-0.1, -0.05) is 18.2 Å². The van der Waals surface area contributed by atoms with E-state index < -0.39 is 6.29 Å². The van der Waals surface area contributed by atoms with Crippen LogP contribution in [0, 0.1) is 5.92 Å². The number of para-hydroxylation sites is 1. The van der Waals surface area contributed by atoms with Crippen molar-refractivity contribution in [1.29, 1.82) is 0 Å². The van der Waals surface area contributed by atoms with Gasteiger partial charge in [-0.3, -0.25) is 14.2 Å². The molecular formula is C29H40N2O7. The van der Waals surface area contributed by atoms with E-state index in [2.05, 4.69) is 0 Å². The van der Waals surface area contributed by atoms with Crippen molar-refractivity contribution < 1.29 is 33.6 Å². The number of carbonyl (C=O) groups excluding carboxylic acids is 2. The molecular weight excluding hydrogens is 488 g/mol. The van der Waals surface area contributed by atoms with E-state index in [4.69, 9.17) is 24.1 Å². The number of piperidine rings is 1. The summed E-state index contributed by atoms with van der Waals surface area (Å²) in [6.45, 7) is 6.88. The minimum atomic E-state index is -0.632. The lowest BCUT2D eigenvalue weighted by Crippen LogP contribution is -2.42. The Balaban J connectivity index is 1.66. The fourth-order valence-corrected chi connectivity index (χ4v) is 5.38. The summed E-state index contributed by atoms with van der Waals surface area (Å²) >= 11 is 0. The van der Waals surface area contributed by atoms with E-state index in [9.17, 15) is 9.59 Å². The lowest BCUT2D eigenvalue weighted by molar-refractivity contribution is -0.172. The highest BCUT2D eigenvalue weighted by molar-refractivity contribution is 5.95. The molecule has 1 fully saturated rings. The molecule has 1 amide bonds. The normalized spacial score (nSPS) is 21.8. The maximum atomic E-state index is 13.5. The molecule has 2 aliphatic heterocycles. The van der Waals surface area contributed by atoms with Crippen molar-refractivity contribution >= 4 is 22.7 Å². The molecule has 2 aromatic rings. The highest BCUT2D eigenvalue weighted by Crippen LogP contribution is 2.42. The molecule has 3 heterocycles. The maximum Gasteiger partial charge on any atom is 0.288 e. The first-order valence-electron chi connectivity index (χ1n) is 13.7. The van der Waals surface area contributed by atoms with Crippen molar-refractivity contribution in [3.8, 4) is 0 Å². The van der Waals surface area contributed by atoms with E-state index in [1.165, 1.54) is 0 Å². The number of allylic oxidation sites excluding steroid dienone is 1. The Morgan fingerprint density at radius 2 is 1.79 bits per heavy atom. The number of fused-ring (bicyclic) bond motifs is 1. The van der Waals surface area contributed by atoms with Crippen LogP contribution >= 0.6 is 0 Å². The highest BCUT2D eigenvalue weighted by Gasteiger charge is 2.40. The zero-order chi connectivity index (χ0) is 26.9. The third-order valence-electron chi connectivity index (χ3n) is 7.21. The van der Waals surface area contributed by atoms with E-state index in [-0.39, 0.29) is 36.9 Å². The van der Waals surface area contributed by atoms with Gasteiger partial charge in [-0.2, -0.15) is 0 Å². The summed E-state index contributed by atoms with van der Waals surface area (Å²) in [7, 11) is 0. The Morgan fingerprint density at radius 3 is 2.50 bits per heavy atom. The Hall–Kier alpha value is -2.72. The lowest BCUT2D eigenvalue weighted by atomic mass is 9.81. The van der Waals surface area contributed by atoms with Crippen LogP contribution < -0.4 is 0 Å². The SMILES string of the molecule is CCO[C@@H]1OC(C(=O)N2CCCCC2)=C[C@H](c2cn(C(C)=O)c3ccccc23)[C@H]1CCOCCOCCO. The average molecular weight is 529 g/mol. The predicted octanol–water partition coefficient (Wildman–Crippen LogP) is 3.71. The van der Waals surface area contributed by atoms with Gasteiger partial charge in [0.1, 0.15) is 0 Å². The smallest absolute Gasteiger partial charge is 0.288 e. The molecule has 1 aromatic carbocycles. The Bertz CT molecular complexity index is 1110. The van der Waals surface area contributed by atoms with E-state index in [0.29, 0.717) is 38.6 Å². The first-order valence-corrected chi connectivity index (χ1v) is 13.7. The highest BCUT2D eigenvalue weighted by atomic mass is 16.7. The van der Waals surface area contributed by atoms with Crippen molar-refractivity contribution in [3.05, 3.63) is 47.9 Å². The number of hydrogen-bond acceptors (Lipinski definition) is 7. The second kappa shape index (κ2) is 13.9. The zero-order valence-corrected chi connectivity index (χ0v) is 22.5. The molecule has 9 nitrogen and oxygen atoms in total. The number of aliphatic hydroxyl groups excluding tert-OH is 1. The van der Waals surface area contributed by atoms with Crippen molar-refractivity contribution in [2.75, 3.05) is 52.7 Å². The molecule has 208 valence electrons. The van der Waals surface area contributed by atoms with Crippen molar-refractivity contribution in [2.24, 2.45) is 5.92 Å². The molecule has 0 bridgehead atoms. The van der Waals surface area contributed by atoms with Crippen LogP contribution in [0.2, 0.25) is 0 Å². The van der Waals surface area contributed by atoms with Gasteiger partial charge in [-0.25, -0.2) is 0 Å². The topological polar surface area (TPSA) is 99.5 Å². The predicted molar refractivity (Wildman–Crippen MR) is 143 cm³/mol. The third-order valence-corrected chi connectivity index (χ3v) is 7.21. The van der Waals surface area contributed by atoms with Gasteiger partial charge in [0, 0.05) is 56.6 Å². The summed E-state index contributed by atoms with van der Waals surface area (Å²) < 4.78 is 25.1. The minimum Gasteiger partial charge on any atom is -0.459 e. The second-order valence-corrected chi connectivity index (χ2v) is 9.74. The summed E-state index contributed by atoms with van der Waals surface area (Å²) in [4.78, 5) is 27.9. The number of rotatable bonds is 12. The van der Waals surface area contributed by atoms with Crippen LogP contribution in [0.15, 0.2) is 42.3 Å². The molecule has 0 spiro atoms. The van der Waals surface area contributed by atoms with Gasteiger partial charge in [0.15, 0.2) is 5.76 Å². The number of hydrogen-bond donors (Lipinski definition) is 1. The Kier molecular flexibility index (Phi) is 10.3. The minimum absolute atomic E-state index is 0.0180. The molecule has 9 heteroatoms. The van der Waals surface area contributed by atoms with Crippen LogP contribution in [0.4, 0.5) is 0 Å². The molecule has 4 rings (SSSR count). The van der Waals surface area contributed by atoms with Gasteiger partial charge in [0.25, 0.3) is 5.91 Å². The standard InChI is InChI=1S/C29H40N2O7/c1-3-37-29-23(11-15-35-17-18-36-16-14-32)24(19-27(38-29)28(34)30-12-7-4-8-13-30)25-20-31(21(2)33)26-10-6-5-9-22(25)26/h5-6,9-10,19-20,23-24,29,32H,3-4,7-8,11-18H2,1-2H3/t23-,24+,29-/m1/s1. The number of aliphatic hydroxyl groups is 1. The molecule has 38 heavy (non-hydrogen) atoms. The van der Waals surface area contributed by atoms with Crippen molar-refractivity contribution in [3.63, 3.8) is 0 Å². The number of nitrogens with zero attached hydrogens (tertiary/aromatic N) is 2. The number of likely N-dealkylation sites (tertiary alicyclic amines) is 1. The molecule has 0 radical (unpaired) electrons. The number of amides is 1. The number of benzene rings is 1. The summed E-state index contributed by atoms with van der Waals surface area (Å²) in [5, 5.41) is 9.83. The monoisotopic (exact) mass is 528 g/mol. The molecule has 0 saturated carbocycles. The Labute approximate surface area is 224 Å². The van der Waals surface area contributed by atoms with Crippen LogP contribution in [0.1, 0.15) is 55.8 Å². The largest absolute Gasteiger partial charge is 0.459 e. The summed E-state index contributed by atoms with van der Waals surface area (Å²) in [5.74, 6) is -0.228. The van der Waals surface area contributed by atoms with Gasteiger partial charge < -0.3 is 29.0 Å². The molecule has 1 N–H and O–H groups in total. The van der Waals surface area contributed by atoms with E-state index in [1.807, 2.05) is 48.4 Å².